The van der Waals surface area contributed by atoms with Crippen molar-refractivity contribution in [2.24, 2.45) is 7.05 Å². The van der Waals surface area contributed by atoms with Crippen LogP contribution >= 0.6 is 0 Å². The molecule has 1 fully saturated rings. The normalized spacial score (nSPS) is 19.1. The van der Waals surface area contributed by atoms with Crippen LogP contribution in [0, 0.1) is 0 Å². The number of hydrogen-bond acceptors (Lipinski definition) is 3. The molecule has 124 valence electrons. The van der Waals surface area contributed by atoms with Gasteiger partial charge in [-0.15, -0.1) is 0 Å². The number of aryl methyl sites for hydroxylation is 1. The maximum Gasteiger partial charge on any atom is 0.410 e. The minimum Gasteiger partial charge on any atom is -0.444 e. The number of rotatable bonds is 1. The van der Waals surface area contributed by atoms with E-state index >= 15 is 0 Å². The number of nitrogens with zero attached hydrogens (tertiary/aromatic N) is 3. The van der Waals surface area contributed by atoms with Crippen molar-refractivity contribution >= 4 is 17.1 Å². The molecule has 2 aromatic rings. The third kappa shape index (κ3) is 3.49. The molecule has 0 spiro atoms. The van der Waals surface area contributed by atoms with E-state index in [-0.39, 0.29) is 6.09 Å². The molecular weight excluding hydrogens is 290 g/mol. The van der Waals surface area contributed by atoms with Crippen molar-refractivity contribution in [1.82, 2.24) is 14.5 Å². The number of carbonyl (C=O) groups excluding carboxylic acids is 1. The largest absolute Gasteiger partial charge is 0.444 e. The Morgan fingerprint density at radius 1 is 1.39 bits per heavy atom. The maximum absolute atomic E-state index is 12.3. The third-order valence-corrected chi connectivity index (χ3v) is 4.30. The predicted octanol–water partition coefficient (Wildman–Crippen LogP) is 3.69. The Hall–Kier alpha value is -2.04. The van der Waals surface area contributed by atoms with Crippen molar-refractivity contribution in [3.63, 3.8) is 0 Å². The van der Waals surface area contributed by atoms with E-state index in [0.717, 1.165) is 30.4 Å². The van der Waals surface area contributed by atoms with Gasteiger partial charge in [0, 0.05) is 38.4 Å². The van der Waals surface area contributed by atoms with E-state index in [9.17, 15) is 4.79 Å². The fraction of sp³-hybridized carbons (Fsp3) is 0.556. The molecule has 1 aliphatic heterocycles. The Kier molecular flexibility index (Phi) is 4.04. The Labute approximate surface area is 137 Å². The summed E-state index contributed by atoms with van der Waals surface area (Å²) in [5.41, 5.74) is 2.90. The predicted molar refractivity (Wildman–Crippen MR) is 90.5 cm³/mol. The second-order valence-electron chi connectivity index (χ2n) is 7.37. The first-order valence-electron chi connectivity index (χ1n) is 8.22. The number of pyridine rings is 1. The van der Waals surface area contributed by atoms with Crippen molar-refractivity contribution in [1.29, 1.82) is 0 Å². The van der Waals surface area contributed by atoms with E-state index in [1.165, 1.54) is 5.56 Å². The number of piperidine rings is 1. The second kappa shape index (κ2) is 5.87. The summed E-state index contributed by atoms with van der Waals surface area (Å²) in [7, 11) is 2.03. The highest BCUT2D eigenvalue weighted by Gasteiger charge is 2.28. The van der Waals surface area contributed by atoms with Crippen LogP contribution in [-0.4, -0.2) is 39.2 Å². The number of fused-ring (bicyclic) bond motifs is 1. The second-order valence-corrected chi connectivity index (χ2v) is 7.37. The molecule has 5 heteroatoms. The van der Waals surface area contributed by atoms with Crippen LogP contribution in [0.4, 0.5) is 4.79 Å². The average Bonchev–Trinajstić information content (AvgIpc) is 2.87. The van der Waals surface area contributed by atoms with Gasteiger partial charge in [-0.3, -0.25) is 4.98 Å². The van der Waals surface area contributed by atoms with Crippen LogP contribution in [0.2, 0.25) is 0 Å². The van der Waals surface area contributed by atoms with Crippen molar-refractivity contribution in [2.45, 2.75) is 45.1 Å². The number of likely N-dealkylation sites (tertiary alicyclic amines) is 1. The molecule has 1 atom stereocenters. The van der Waals surface area contributed by atoms with Gasteiger partial charge in [-0.1, -0.05) is 0 Å². The molecule has 1 amide bonds. The zero-order valence-corrected chi connectivity index (χ0v) is 14.4. The molecule has 3 heterocycles. The molecule has 1 saturated heterocycles. The standard InChI is InChI=1S/C18H25N3O2/c1-18(2,3)23-17(22)21-8-5-6-13(12-21)14-10-16-15(19-11-14)7-9-20(16)4/h7,9-11,13H,5-6,8,12H2,1-4H3. The molecule has 2 aromatic heterocycles. The lowest BCUT2D eigenvalue weighted by Gasteiger charge is -2.34. The molecule has 0 N–H and O–H groups in total. The van der Waals surface area contributed by atoms with Gasteiger partial charge in [0.2, 0.25) is 0 Å². The molecule has 0 bridgehead atoms. The van der Waals surface area contributed by atoms with Crippen LogP contribution in [0.1, 0.15) is 45.1 Å². The van der Waals surface area contributed by atoms with Gasteiger partial charge in [-0.2, -0.15) is 0 Å². The van der Waals surface area contributed by atoms with Crippen molar-refractivity contribution in [3.8, 4) is 0 Å². The van der Waals surface area contributed by atoms with Gasteiger partial charge < -0.3 is 14.2 Å². The zero-order valence-electron chi connectivity index (χ0n) is 14.4. The minimum atomic E-state index is -0.451. The Bertz CT molecular complexity index is 715. The van der Waals surface area contributed by atoms with Gasteiger partial charge in [0.1, 0.15) is 5.60 Å². The molecule has 5 nitrogen and oxygen atoms in total. The highest BCUT2D eigenvalue weighted by Crippen LogP contribution is 2.29. The minimum absolute atomic E-state index is 0.213. The van der Waals surface area contributed by atoms with Gasteiger partial charge in [0.25, 0.3) is 0 Å². The van der Waals surface area contributed by atoms with Crippen LogP contribution in [0.25, 0.3) is 11.0 Å². The monoisotopic (exact) mass is 315 g/mol. The summed E-state index contributed by atoms with van der Waals surface area (Å²) < 4.78 is 7.59. The van der Waals surface area contributed by atoms with Crippen LogP contribution in [0.15, 0.2) is 24.5 Å². The summed E-state index contributed by atoms with van der Waals surface area (Å²) in [6.07, 6.45) is 5.84. The number of ether oxygens (including phenoxy) is 1. The lowest BCUT2D eigenvalue weighted by atomic mass is 9.91. The van der Waals surface area contributed by atoms with Crippen molar-refractivity contribution in [3.05, 3.63) is 30.1 Å². The van der Waals surface area contributed by atoms with Gasteiger partial charge in [0.15, 0.2) is 0 Å². The molecule has 3 rings (SSSR count). The Morgan fingerprint density at radius 3 is 2.91 bits per heavy atom. The fourth-order valence-electron chi connectivity index (χ4n) is 3.12. The van der Waals surface area contributed by atoms with E-state index in [1.54, 1.807) is 0 Å². The summed E-state index contributed by atoms with van der Waals surface area (Å²) >= 11 is 0. The molecule has 23 heavy (non-hydrogen) atoms. The molecular formula is C18H25N3O2. The van der Waals surface area contributed by atoms with Gasteiger partial charge in [-0.05, 0) is 51.3 Å². The smallest absolute Gasteiger partial charge is 0.410 e. The summed E-state index contributed by atoms with van der Waals surface area (Å²) in [6, 6.07) is 4.22. The van der Waals surface area contributed by atoms with Gasteiger partial charge >= 0.3 is 6.09 Å². The van der Waals surface area contributed by atoms with E-state index in [0.29, 0.717) is 12.5 Å². The SMILES string of the molecule is Cn1ccc2ncc(C3CCCN(C(=O)OC(C)(C)C)C3)cc21. The quantitative estimate of drug-likeness (QED) is 0.806. The third-order valence-electron chi connectivity index (χ3n) is 4.30. The molecule has 0 aromatic carbocycles. The first-order valence-corrected chi connectivity index (χ1v) is 8.22. The maximum atomic E-state index is 12.3. The molecule has 1 unspecified atom stereocenters. The summed E-state index contributed by atoms with van der Waals surface area (Å²) in [6.45, 7) is 7.18. The van der Waals surface area contributed by atoms with Gasteiger partial charge in [-0.25, -0.2) is 4.79 Å². The van der Waals surface area contributed by atoms with Crippen molar-refractivity contribution in [2.75, 3.05) is 13.1 Å². The topological polar surface area (TPSA) is 47.4 Å². The number of aromatic nitrogens is 2. The van der Waals surface area contributed by atoms with Crippen LogP contribution in [0.5, 0.6) is 0 Å². The number of hydrogen-bond donors (Lipinski definition) is 0. The summed E-state index contributed by atoms with van der Waals surface area (Å²) in [4.78, 5) is 18.7. The van der Waals surface area contributed by atoms with Crippen molar-refractivity contribution < 1.29 is 9.53 Å². The highest BCUT2D eigenvalue weighted by atomic mass is 16.6. The summed E-state index contributed by atoms with van der Waals surface area (Å²) in [5.74, 6) is 0.322. The zero-order chi connectivity index (χ0) is 16.6. The fourth-order valence-corrected chi connectivity index (χ4v) is 3.12. The summed E-state index contributed by atoms with van der Waals surface area (Å²) in [5, 5.41) is 0. The van der Waals surface area contributed by atoms with E-state index < -0.39 is 5.60 Å². The molecule has 0 radical (unpaired) electrons. The van der Waals surface area contributed by atoms with E-state index in [2.05, 4.69) is 15.6 Å². The molecule has 1 aliphatic rings. The molecule has 0 saturated carbocycles. The number of carbonyl (C=O) groups is 1. The van der Waals surface area contributed by atoms with Crippen LogP contribution in [0.3, 0.4) is 0 Å². The molecule has 0 aliphatic carbocycles. The first kappa shape index (κ1) is 15.8. The number of amides is 1. The Balaban J connectivity index is 1.77. The van der Waals surface area contributed by atoms with E-state index in [4.69, 9.17) is 4.74 Å². The average molecular weight is 315 g/mol. The van der Waals surface area contributed by atoms with Crippen LogP contribution in [-0.2, 0) is 11.8 Å². The first-order chi connectivity index (χ1) is 10.8. The Morgan fingerprint density at radius 2 is 2.17 bits per heavy atom. The lowest BCUT2D eigenvalue weighted by Crippen LogP contribution is -2.42. The van der Waals surface area contributed by atoms with E-state index in [1.807, 2.05) is 51.2 Å². The highest BCUT2D eigenvalue weighted by molar-refractivity contribution is 5.76. The lowest BCUT2D eigenvalue weighted by molar-refractivity contribution is 0.0198. The van der Waals surface area contributed by atoms with Crippen LogP contribution < -0.4 is 0 Å². The van der Waals surface area contributed by atoms with Gasteiger partial charge in [0.05, 0.1) is 11.0 Å².